The molecule has 1 aliphatic heterocycles. The molecule has 7 heteroatoms. The molecule has 1 aliphatic rings. The number of hydrogen-bond acceptors (Lipinski definition) is 3. The van der Waals surface area contributed by atoms with Crippen molar-refractivity contribution in [1.82, 2.24) is 4.90 Å². The Hall–Kier alpha value is -2.28. The molecule has 1 amide bonds. The first-order valence-corrected chi connectivity index (χ1v) is 8.96. The van der Waals surface area contributed by atoms with Crippen molar-refractivity contribution in [2.75, 3.05) is 31.1 Å². The quantitative estimate of drug-likeness (QED) is 0.704. The van der Waals surface area contributed by atoms with Crippen LogP contribution in [-0.4, -0.2) is 42.8 Å². The fourth-order valence-corrected chi connectivity index (χ4v) is 3.33. The van der Waals surface area contributed by atoms with Crippen molar-refractivity contribution in [1.29, 1.82) is 0 Å². The number of nitrogens with zero attached hydrogens (tertiary/aromatic N) is 2. The molecule has 0 N–H and O–H groups in total. The van der Waals surface area contributed by atoms with Gasteiger partial charge in [0.2, 0.25) is 0 Å². The van der Waals surface area contributed by atoms with Crippen molar-refractivity contribution >= 4 is 33.3 Å². The maximum absolute atomic E-state index is 14.3. The number of anilines is 1. The van der Waals surface area contributed by atoms with Crippen LogP contribution in [0.5, 0.6) is 0 Å². The van der Waals surface area contributed by atoms with Gasteiger partial charge in [0.25, 0.3) is 5.91 Å². The van der Waals surface area contributed by atoms with Gasteiger partial charge in [-0.1, -0.05) is 15.9 Å². The maximum atomic E-state index is 14.3. The van der Waals surface area contributed by atoms with E-state index in [1.165, 1.54) is 31.2 Å². The Balaban J connectivity index is 1.70. The highest BCUT2D eigenvalue weighted by molar-refractivity contribution is 9.10. The van der Waals surface area contributed by atoms with Gasteiger partial charge in [0.15, 0.2) is 5.78 Å². The number of rotatable bonds is 3. The minimum Gasteiger partial charge on any atom is -0.366 e. The van der Waals surface area contributed by atoms with Gasteiger partial charge in [-0.25, -0.2) is 8.78 Å². The Morgan fingerprint density at radius 3 is 2.27 bits per heavy atom. The number of Topliss-reactive ketones (excluding diaryl/α,β-unsaturated/α-hetero) is 1. The monoisotopic (exact) mass is 422 g/mol. The van der Waals surface area contributed by atoms with Crippen LogP contribution >= 0.6 is 15.9 Å². The first kappa shape index (κ1) is 18.5. The molecule has 0 aromatic heterocycles. The first-order chi connectivity index (χ1) is 12.4. The zero-order valence-electron chi connectivity index (χ0n) is 14.1. The van der Waals surface area contributed by atoms with E-state index in [1.54, 1.807) is 17.0 Å². The molecular weight excluding hydrogens is 406 g/mol. The van der Waals surface area contributed by atoms with Crippen LogP contribution in [0.3, 0.4) is 0 Å². The average Bonchev–Trinajstić information content (AvgIpc) is 2.63. The highest BCUT2D eigenvalue weighted by Gasteiger charge is 2.25. The van der Waals surface area contributed by atoms with Crippen molar-refractivity contribution in [3.8, 4) is 0 Å². The van der Waals surface area contributed by atoms with E-state index in [9.17, 15) is 18.4 Å². The Morgan fingerprint density at radius 2 is 1.65 bits per heavy atom. The topological polar surface area (TPSA) is 40.6 Å². The molecular formula is C19H17BrF2N2O2. The van der Waals surface area contributed by atoms with Gasteiger partial charge >= 0.3 is 0 Å². The van der Waals surface area contributed by atoms with E-state index in [2.05, 4.69) is 15.9 Å². The Morgan fingerprint density at radius 1 is 0.962 bits per heavy atom. The molecule has 0 atom stereocenters. The van der Waals surface area contributed by atoms with Crippen LogP contribution < -0.4 is 4.90 Å². The molecule has 1 saturated heterocycles. The summed E-state index contributed by atoms with van der Waals surface area (Å²) in [5.41, 5.74) is 0.741. The van der Waals surface area contributed by atoms with Crippen molar-refractivity contribution in [2.24, 2.45) is 0 Å². The second-order valence-corrected chi connectivity index (χ2v) is 7.04. The fourth-order valence-electron chi connectivity index (χ4n) is 2.96. The van der Waals surface area contributed by atoms with E-state index in [4.69, 9.17) is 0 Å². The molecule has 0 spiro atoms. The van der Waals surface area contributed by atoms with Gasteiger partial charge in [-0.2, -0.15) is 0 Å². The summed E-state index contributed by atoms with van der Waals surface area (Å²) in [6.07, 6.45) is 0. The number of ketones is 1. The third-order valence-corrected chi connectivity index (χ3v) is 4.91. The van der Waals surface area contributed by atoms with E-state index in [-0.39, 0.29) is 17.3 Å². The molecule has 2 aromatic carbocycles. The lowest BCUT2D eigenvalue weighted by Gasteiger charge is -2.36. The van der Waals surface area contributed by atoms with Gasteiger partial charge in [0, 0.05) is 36.2 Å². The van der Waals surface area contributed by atoms with Crippen LogP contribution in [0.2, 0.25) is 0 Å². The molecule has 0 aliphatic carbocycles. The molecule has 1 heterocycles. The zero-order valence-corrected chi connectivity index (χ0v) is 15.7. The Kier molecular flexibility index (Phi) is 5.36. The lowest BCUT2D eigenvalue weighted by atomic mass is 10.1. The van der Waals surface area contributed by atoms with Gasteiger partial charge in [-0.05, 0) is 43.3 Å². The molecule has 3 rings (SSSR count). The van der Waals surface area contributed by atoms with Gasteiger partial charge in [0.05, 0.1) is 11.3 Å². The molecule has 0 unspecified atom stereocenters. The third-order valence-electron chi connectivity index (χ3n) is 4.42. The summed E-state index contributed by atoms with van der Waals surface area (Å²) in [6, 6.07) is 8.65. The Labute approximate surface area is 158 Å². The van der Waals surface area contributed by atoms with E-state index < -0.39 is 11.6 Å². The number of hydrogen-bond donors (Lipinski definition) is 0. The minimum atomic E-state index is -0.563. The van der Waals surface area contributed by atoms with Crippen LogP contribution in [0.1, 0.15) is 27.6 Å². The summed E-state index contributed by atoms with van der Waals surface area (Å²) in [5, 5.41) is 0. The second kappa shape index (κ2) is 7.53. The standard InChI is InChI=1S/C19H17BrF2N2O2/c1-12(25)13-2-5-18(17(22)10-13)23-6-8-24(9-7-23)19(26)15-11-14(20)3-4-16(15)21/h2-5,10-11H,6-9H2,1H3. The maximum Gasteiger partial charge on any atom is 0.256 e. The number of halogens is 3. The number of benzene rings is 2. The van der Waals surface area contributed by atoms with Gasteiger partial charge in [0.1, 0.15) is 11.6 Å². The highest BCUT2D eigenvalue weighted by atomic mass is 79.9. The largest absolute Gasteiger partial charge is 0.366 e. The van der Waals surface area contributed by atoms with E-state index in [0.29, 0.717) is 41.9 Å². The summed E-state index contributed by atoms with van der Waals surface area (Å²) < 4.78 is 28.8. The number of amides is 1. The van der Waals surface area contributed by atoms with Crippen molar-refractivity contribution in [3.05, 3.63) is 63.6 Å². The first-order valence-electron chi connectivity index (χ1n) is 8.16. The SMILES string of the molecule is CC(=O)c1ccc(N2CCN(C(=O)c3cc(Br)ccc3F)CC2)c(F)c1. The highest BCUT2D eigenvalue weighted by Crippen LogP contribution is 2.23. The number of piperazine rings is 1. The number of carbonyl (C=O) groups excluding carboxylic acids is 2. The van der Waals surface area contributed by atoms with Gasteiger partial charge in [-0.15, -0.1) is 0 Å². The predicted octanol–water partition coefficient (Wildman–Crippen LogP) is 3.89. The van der Waals surface area contributed by atoms with Gasteiger partial charge in [-0.3, -0.25) is 9.59 Å². The average molecular weight is 423 g/mol. The normalized spacial score (nSPS) is 14.5. The van der Waals surface area contributed by atoms with Crippen molar-refractivity contribution in [3.63, 3.8) is 0 Å². The summed E-state index contributed by atoms with van der Waals surface area (Å²) in [6.45, 7) is 2.96. The molecule has 26 heavy (non-hydrogen) atoms. The van der Waals surface area contributed by atoms with Crippen LogP contribution in [-0.2, 0) is 0 Å². The molecule has 4 nitrogen and oxygen atoms in total. The molecule has 136 valence electrons. The van der Waals surface area contributed by atoms with Crippen LogP contribution in [0.4, 0.5) is 14.5 Å². The van der Waals surface area contributed by atoms with E-state index in [0.717, 1.165) is 0 Å². The summed E-state index contributed by atoms with van der Waals surface area (Å²) in [7, 11) is 0. The van der Waals surface area contributed by atoms with Crippen LogP contribution in [0.15, 0.2) is 40.9 Å². The van der Waals surface area contributed by atoms with Gasteiger partial charge < -0.3 is 9.80 Å². The summed E-state index contributed by atoms with van der Waals surface area (Å²) in [4.78, 5) is 27.2. The molecule has 2 aromatic rings. The lowest BCUT2D eigenvalue weighted by molar-refractivity contribution is 0.0741. The fraction of sp³-hybridized carbons (Fsp3) is 0.263. The van der Waals surface area contributed by atoms with Crippen molar-refractivity contribution in [2.45, 2.75) is 6.92 Å². The molecule has 0 radical (unpaired) electrons. The smallest absolute Gasteiger partial charge is 0.256 e. The van der Waals surface area contributed by atoms with Crippen molar-refractivity contribution < 1.29 is 18.4 Å². The predicted molar refractivity (Wildman–Crippen MR) is 98.6 cm³/mol. The third kappa shape index (κ3) is 3.77. The van der Waals surface area contributed by atoms with E-state index >= 15 is 0 Å². The van der Waals surface area contributed by atoms with E-state index in [1.807, 2.05) is 4.90 Å². The van der Waals surface area contributed by atoms with Crippen LogP contribution in [0.25, 0.3) is 0 Å². The zero-order chi connectivity index (χ0) is 18.8. The minimum absolute atomic E-state index is 0.0183. The molecule has 1 fully saturated rings. The molecule has 0 saturated carbocycles. The lowest BCUT2D eigenvalue weighted by Crippen LogP contribution is -2.49. The van der Waals surface area contributed by atoms with Crippen LogP contribution in [0, 0.1) is 11.6 Å². The summed E-state index contributed by atoms with van der Waals surface area (Å²) in [5.74, 6) is -1.60. The second-order valence-electron chi connectivity index (χ2n) is 6.13. The summed E-state index contributed by atoms with van der Waals surface area (Å²) >= 11 is 3.24. The Bertz CT molecular complexity index is 865. The number of carbonyl (C=O) groups is 2. The molecule has 0 bridgehead atoms.